The highest BCUT2D eigenvalue weighted by Crippen LogP contribution is 2.39. The van der Waals surface area contributed by atoms with Crippen LogP contribution in [0.1, 0.15) is 24.5 Å². The second kappa shape index (κ2) is 7.46. The molecule has 31 heavy (non-hydrogen) atoms. The first-order valence-electron chi connectivity index (χ1n) is 10.2. The van der Waals surface area contributed by atoms with Crippen LogP contribution >= 0.6 is 11.6 Å². The van der Waals surface area contributed by atoms with Crippen LogP contribution in [0.2, 0.25) is 5.02 Å². The lowest BCUT2D eigenvalue weighted by Crippen LogP contribution is -2.41. The number of rotatable bonds is 3. The summed E-state index contributed by atoms with van der Waals surface area (Å²) in [5.41, 5.74) is 0.301. The number of ether oxygens (including phenoxy) is 2. The van der Waals surface area contributed by atoms with E-state index in [1.807, 2.05) is 42.5 Å². The molecular weight excluding hydrogens is 416 g/mol. The Morgan fingerprint density at radius 2 is 1.84 bits per heavy atom. The Bertz CT molecular complexity index is 1210. The van der Waals surface area contributed by atoms with Crippen LogP contribution in [0.3, 0.4) is 0 Å². The molecular formula is C24H21ClN2O4. The normalized spacial score (nSPS) is 20.6. The summed E-state index contributed by atoms with van der Waals surface area (Å²) in [4.78, 5) is 27.5. The Labute approximate surface area is 184 Å². The van der Waals surface area contributed by atoms with Gasteiger partial charge in [0, 0.05) is 6.42 Å². The summed E-state index contributed by atoms with van der Waals surface area (Å²) >= 11 is 6.39. The van der Waals surface area contributed by atoms with E-state index in [1.54, 1.807) is 19.1 Å². The molecule has 0 bridgehead atoms. The van der Waals surface area contributed by atoms with Gasteiger partial charge in [-0.1, -0.05) is 54.1 Å². The molecule has 0 aromatic heterocycles. The third kappa shape index (κ3) is 3.27. The van der Waals surface area contributed by atoms with Gasteiger partial charge in [-0.15, -0.1) is 0 Å². The zero-order chi connectivity index (χ0) is 21.6. The van der Waals surface area contributed by atoms with Crippen LogP contribution in [0.25, 0.3) is 10.8 Å². The predicted molar refractivity (Wildman–Crippen MR) is 117 cm³/mol. The minimum Gasteiger partial charge on any atom is -0.489 e. The molecule has 0 saturated carbocycles. The third-order valence-corrected chi connectivity index (χ3v) is 6.09. The monoisotopic (exact) mass is 436 g/mol. The minimum atomic E-state index is -1.16. The number of hydrogen-bond donors (Lipinski definition) is 1. The summed E-state index contributed by atoms with van der Waals surface area (Å²) in [5, 5.41) is 5.24. The van der Waals surface area contributed by atoms with E-state index in [9.17, 15) is 9.59 Å². The number of nitrogens with zero attached hydrogens (tertiary/aromatic N) is 1. The number of hydrogen-bond acceptors (Lipinski definition) is 4. The van der Waals surface area contributed by atoms with Crippen LogP contribution < -0.4 is 14.8 Å². The summed E-state index contributed by atoms with van der Waals surface area (Å²) in [6.07, 6.45) is 0.761. The van der Waals surface area contributed by atoms with E-state index in [0.29, 0.717) is 35.3 Å². The van der Waals surface area contributed by atoms with Gasteiger partial charge in [0.25, 0.3) is 5.91 Å². The number of imide groups is 1. The standard InChI is InChI=1S/C24H21ClN2O4/c1-24(18-9-4-7-16-6-2-3-8-17(16)18)22(28)27(23(29)26-24)14-15-12-19(25)21-20(13-15)30-10-5-11-31-21/h2-4,6-9,12-13H,5,10-11,14H2,1H3,(H,26,29). The van der Waals surface area contributed by atoms with E-state index in [2.05, 4.69) is 5.32 Å². The van der Waals surface area contributed by atoms with Crippen LogP contribution in [-0.4, -0.2) is 30.1 Å². The molecule has 3 amide bonds. The van der Waals surface area contributed by atoms with E-state index in [-0.39, 0.29) is 12.5 Å². The van der Waals surface area contributed by atoms with Gasteiger partial charge in [0.2, 0.25) is 0 Å². The number of nitrogens with one attached hydrogen (secondary N) is 1. The average Bonchev–Trinajstić information content (AvgIpc) is 2.93. The Morgan fingerprint density at radius 3 is 2.71 bits per heavy atom. The summed E-state index contributed by atoms with van der Waals surface area (Å²) in [6, 6.07) is 16.6. The first-order valence-corrected chi connectivity index (χ1v) is 10.6. The van der Waals surface area contributed by atoms with Crippen molar-refractivity contribution in [2.24, 2.45) is 0 Å². The summed E-state index contributed by atoms with van der Waals surface area (Å²) < 4.78 is 11.4. The maximum Gasteiger partial charge on any atom is 0.325 e. The molecule has 7 heteroatoms. The Morgan fingerprint density at radius 1 is 1.06 bits per heavy atom. The number of carbonyl (C=O) groups excluding carboxylic acids is 2. The highest BCUT2D eigenvalue weighted by Gasteiger charge is 2.49. The van der Waals surface area contributed by atoms with Crippen LogP contribution in [0.4, 0.5) is 4.79 Å². The molecule has 1 fully saturated rings. The average molecular weight is 437 g/mol. The first-order chi connectivity index (χ1) is 15.0. The molecule has 1 N–H and O–H groups in total. The molecule has 3 aromatic rings. The smallest absolute Gasteiger partial charge is 0.325 e. The molecule has 1 unspecified atom stereocenters. The summed E-state index contributed by atoms with van der Waals surface area (Å²) in [7, 11) is 0. The molecule has 0 spiro atoms. The van der Waals surface area contributed by atoms with Crippen molar-refractivity contribution in [1.82, 2.24) is 10.2 Å². The minimum absolute atomic E-state index is 0.0847. The van der Waals surface area contributed by atoms with Gasteiger partial charge in [0.1, 0.15) is 5.54 Å². The van der Waals surface area contributed by atoms with Gasteiger partial charge in [-0.05, 0) is 41.0 Å². The SMILES string of the molecule is CC1(c2cccc3ccccc23)NC(=O)N(Cc2cc(Cl)c3c(c2)OCCCO3)C1=O. The second-order valence-corrected chi connectivity index (χ2v) is 8.34. The molecule has 2 heterocycles. The second-order valence-electron chi connectivity index (χ2n) is 7.93. The van der Waals surface area contributed by atoms with Crippen molar-refractivity contribution in [2.75, 3.05) is 13.2 Å². The maximum absolute atomic E-state index is 13.5. The number of fused-ring (bicyclic) bond motifs is 2. The number of amides is 3. The fourth-order valence-electron chi connectivity index (χ4n) is 4.24. The van der Waals surface area contributed by atoms with E-state index in [0.717, 1.165) is 22.8 Å². The maximum atomic E-state index is 13.5. The molecule has 0 radical (unpaired) electrons. The number of halogens is 1. The van der Waals surface area contributed by atoms with Crippen LogP contribution in [-0.2, 0) is 16.9 Å². The van der Waals surface area contributed by atoms with Crippen molar-refractivity contribution in [3.63, 3.8) is 0 Å². The summed E-state index contributed by atoms with van der Waals surface area (Å²) in [5.74, 6) is 0.724. The fraction of sp³-hybridized carbons (Fsp3) is 0.250. The number of benzene rings is 3. The van der Waals surface area contributed by atoms with Crippen molar-refractivity contribution < 1.29 is 19.1 Å². The molecule has 1 saturated heterocycles. The fourth-order valence-corrected chi connectivity index (χ4v) is 4.53. The lowest BCUT2D eigenvalue weighted by atomic mass is 9.88. The zero-order valence-electron chi connectivity index (χ0n) is 17.0. The van der Waals surface area contributed by atoms with Gasteiger partial charge in [0.15, 0.2) is 11.5 Å². The van der Waals surface area contributed by atoms with Gasteiger partial charge in [0.05, 0.1) is 24.8 Å². The van der Waals surface area contributed by atoms with E-state index in [1.165, 1.54) is 4.90 Å². The molecule has 2 aliphatic rings. The molecule has 3 aromatic carbocycles. The Hall–Kier alpha value is -3.25. The largest absolute Gasteiger partial charge is 0.489 e. The lowest BCUT2D eigenvalue weighted by Gasteiger charge is -2.24. The Balaban J connectivity index is 1.48. The molecule has 2 aliphatic heterocycles. The van der Waals surface area contributed by atoms with E-state index < -0.39 is 11.6 Å². The lowest BCUT2D eigenvalue weighted by molar-refractivity contribution is -0.131. The highest BCUT2D eigenvalue weighted by atomic mass is 35.5. The van der Waals surface area contributed by atoms with Gasteiger partial charge in [-0.3, -0.25) is 9.69 Å². The molecule has 158 valence electrons. The van der Waals surface area contributed by atoms with Gasteiger partial charge < -0.3 is 14.8 Å². The zero-order valence-corrected chi connectivity index (χ0v) is 17.7. The third-order valence-electron chi connectivity index (χ3n) is 5.81. The van der Waals surface area contributed by atoms with Crippen molar-refractivity contribution >= 4 is 34.3 Å². The van der Waals surface area contributed by atoms with Crippen LogP contribution in [0.15, 0.2) is 54.6 Å². The molecule has 5 rings (SSSR count). The molecule has 1 atom stereocenters. The quantitative estimate of drug-likeness (QED) is 0.608. The molecule has 6 nitrogen and oxygen atoms in total. The van der Waals surface area contributed by atoms with Crippen molar-refractivity contribution in [1.29, 1.82) is 0 Å². The van der Waals surface area contributed by atoms with Crippen molar-refractivity contribution in [2.45, 2.75) is 25.4 Å². The van der Waals surface area contributed by atoms with E-state index in [4.69, 9.17) is 21.1 Å². The van der Waals surface area contributed by atoms with Gasteiger partial charge >= 0.3 is 6.03 Å². The first kappa shape index (κ1) is 19.7. The molecule has 0 aliphatic carbocycles. The van der Waals surface area contributed by atoms with Crippen LogP contribution in [0, 0.1) is 0 Å². The van der Waals surface area contributed by atoms with Crippen molar-refractivity contribution in [3.05, 3.63) is 70.7 Å². The van der Waals surface area contributed by atoms with Crippen molar-refractivity contribution in [3.8, 4) is 11.5 Å². The van der Waals surface area contributed by atoms with Crippen LogP contribution in [0.5, 0.6) is 11.5 Å². The van der Waals surface area contributed by atoms with Gasteiger partial charge in [-0.25, -0.2) is 4.79 Å². The number of carbonyl (C=O) groups is 2. The Kier molecular flexibility index (Phi) is 4.74. The summed E-state index contributed by atoms with van der Waals surface area (Å²) in [6.45, 7) is 2.88. The predicted octanol–water partition coefficient (Wildman–Crippen LogP) is 4.62. The topological polar surface area (TPSA) is 67.9 Å². The van der Waals surface area contributed by atoms with E-state index >= 15 is 0 Å². The number of urea groups is 1. The highest BCUT2D eigenvalue weighted by molar-refractivity contribution is 6.32. The van der Waals surface area contributed by atoms with Gasteiger partial charge in [-0.2, -0.15) is 0 Å².